The van der Waals surface area contributed by atoms with Gasteiger partial charge in [0.2, 0.25) is 0 Å². The van der Waals surface area contributed by atoms with Crippen LogP contribution in [0.3, 0.4) is 0 Å². The number of nitrogens with one attached hydrogen (secondary N) is 3. The highest BCUT2D eigenvalue weighted by Crippen LogP contribution is 2.38. The molecule has 2 amide bonds. The smallest absolute Gasteiger partial charge is 0.256 e. The highest BCUT2D eigenvalue weighted by molar-refractivity contribution is 9.10. The highest BCUT2D eigenvalue weighted by atomic mass is 79.9. The molecule has 1 saturated heterocycles. The van der Waals surface area contributed by atoms with Gasteiger partial charge in [0.15, 0.2) is 0 Å². The predicted molar refractivity (Wildman–Crippen MR) is 142 cm³/mol. The zero-order chi connectivity index (χ0) is 24.4. The molecule has 6 nitrogen and oxygen atoms in total. The standard InChI is InChI=1S/C27H35BrN4O2/c1-16(2)23-22(15-20-19-14-18(28)8-9-21(19)31-26(20)33)30-25(17(3)4)24(23)27(34)29-10-7-13-32-11-5-6-12-32/h8-9,14-17,30H,5-7,10-13H2,1-4H3,(H,29,34)(H,31,33). The van der Waals surface area contributed by atoms with Crippen molar-refractivity contribution in [1.82, 2.24) is 15.2 Å². The summed E-state index contributed by atoms with van der Waals surface area (Å²) in [6, 6.07) is 5.77. The summed E-state index contributed by atoms with van der Waals surface area (Å²) >= 11 is 3.51. The van der Waals surface area contributed by atoms with Crippen LogP contribution in [0.15, 0.2) is 22.7 Å². The van der Waals surface area contributed by atoms with E-state index in [1.807, 2.05) is 24.3 Å². The topological polar surface area (TPSA) is 77.2 Å². The summed E-state index contributed by atoms with van der Waals surface area (Å²) in [5.41, 5.74) is 5.71. The fourth-order valence-corrected chi connectivity index (χ4v) is 5.35. The Balaban J connectivity index is 1.64. The molecule has 34 heavy (non-hydrogen) atoms. The Bertz CT molecular complexity index is 1110. The summed E-state index contributed by atoms with van der Waals surface area (Å²) in [6.07, 6.45) is 5.41. The summed E-state index contributed by atoms with van der Waals surface area (Å²) in [5.74, 6) is 0.103. The number of fused-ring (bicyclic) bond motifs is 1. The molecule has 182 valence electrons. The lowest BCUT2D eigenvalue weighted by molar-refractivity contribution is -0.110. The molecule has 0 bridgehead atoms. The summed E-state index contributed by atoms with van der Waals surface area (Å²) in [7, 11) is 0. The fraction of sp³-hybridized carbons (Fsp3) is 0.481. The molecular formula is C27H35BrN4O2. The van der Waals surface area contributed by atoms with Crippen LogP contribution in [0.1, 0.15) is 91.7 Å². The van der Waals surface area contributed by atoms with Crippen molar-refractivity contribution in [2.45, 2.75) is 58.8 Å². The molecule has 0 saturated carbocycles. The third kappa shape index (κ3) is 5.15. The van der Waals surface area contributed by atoms with Gasteiger partial charge in [-0.3, -0.25) is 9.59 Å². The molecule has 2 aliphatic heterocycles. The quantitative estimate of drug-likeness (QED) is 0.303. The maximum atomic E-state index is 13.4. The van der Waals surface area contributed by atoms with E-state index in [1.54, 1.807) is 0 Å². The minimum atomic E-state index is -0.128. The number of carbonyl (C=O) groups excluding carboxylic acids is 2. The molecule has 0 atom stereocenters. The molecule has 3 N–H and O–H groups in total. The molecule has 2 aromatic rings. The maximum Gasteiger partial charge on any atom is 0.256 e. The van der Waals surface area contributed by atoms with E-state index in [4.69, 9.17) is 0 Å². The average Bonchev–Trinajstić information content (AvgIpc) is 3.50. The van der Waals surface area contributed by atoms with Crippen molar-refractivity contribution >= 4 is 45.1 Å². The first-order valence-electron chi connectivity index (χ1n) is 12.4. The normalized spacial score (nSPS) is 17.1. The van der Waals surface area contributed by atoms with Crippen LogP contribution in [0.25, 0.3) is 11.6 Å². The molecule has 0 aliphatic carbocycles. The number of benzene rings is 1. The Morgan fingerprint density at radius 2 is 1.91 bits per heavy atom. The molecule has 0 spiro atoms. The van der Waals surface area contributed by atoms with Crippen LogP contribution in [0.5, 0.6) is 0 Å². The van der Waals surface area contributed by atoms with E-state index in [0.29, 0.717) is 12.1 Å². The Morgan fingerprint density at radius 3 is 2.59 bits per heavy atom. The lowest BCUT2D eigenvalue weighted by atomic mass is 9.93. The Kier molecular flexibility index (Phi) is 7.63. The van der Waals surface area contributed by atoms with Gasteiger partial charge in [-0.1, -0.05) is 43.6 Å². The van der Waals surface area contributed by atoms with Crippen molar-refractivity contribution in [3.63, 3.8) is 0 Å². The Labute approximate surface area is 210 Å². The van der Waals surface area contributed by atoms with Gasteiger partial charge in [0.25, 0.3) is 11.8 Å². The molecule has 3 heterocycles. The summed E-state index contributed by atoms with van der Waals surface area (Å²) in [6.45, 7) is 12.4. The number of likely N-dealkylation sites (tertiary alicyclic amines) is 1. The molecule has 1 aromatic heterocycles. The first-order chi connectivity index (χ1) is 16.3. The number of aromatic amines is 1. The molecule has 1 aromatic carbocycles. The monoisotopic (exact) mass is 526 g/mol. The van der Waals surface area contributed by atoms with Crippen LogP contribution in [0.4, 0.5) is 5.69 Å². The Hall–Kier alpha value is -2.38. The van der Waals surface area contributed by atoms with Crippen molar-refractivity contribution < 1.29 is 9.59 Å². The number of nitrogens with zero attached hydrogens (tertiary/aromatic N) is 1. The predicted octanol–water partition coefficient (Wildman–Crippen LogP) is 5.73. The molecule has 4 rings (SSSR count). The zero-order valence-electron chi connectivity index (χ0n) is 20.6. The van der Waals surface area contributed by atoms with Gasteiger partial charge in [-0.15, -0.1) is 0 Å². The zero-order valence-corrected chi connectivity index (χ0v) is 22.1. The van der Waals surface area contributed by atoms with Gasteiger partial charge in [-0.25, -0.2) is 0 Å². The largest absolute Gasteiger partial charge is 0.358 e. The second-order valence-electron chi connectivity index (χ2n) is 9.91. The van der Waals surface area contributed by atoms with Crippen molar-refractivity contribution in [2.24, 2.45) is 0 Å². The van der Waals surface area contributed by atoms with Crippen molar-refractivity contribution in [1.29, 1.82) is 0 Å². The minimum Gasteiger partial charge on any atom is -0.358 e. The van der Waals surface area contributed by atoms with Crippen LogP contribution >= 0.6 is 15.9 Å². The molecule has 2 aliphatic rings. The number of aromatic nitrogens is 1. The van der Waals surface area contributed by atoms with Gasteiger partial charge in [0, 0.05) is 33.7 Å². The van der Waals surface area contributed by atoms with Gasteiger partial charge in [0.1, 0.15) is 0 Å². The third-order valence-corrected chi connectivity index (χ3v) is 7.16. The van der Waals surface area contributed by atoms with Crippen LogP contribution in [0.2, 0.25) is 0 Å². The maximum absolute atomic E-state index is 13.4. The van der Waals surface area contributed by atoms with Crippen LogP contribution < -0.4 is 10.6 Å². The average molecular weight is 528 g/mol. The van der Waals surface area contributed by atoms with Crippen LogP contribution in [-0.4, -0.2) is 47.9 Å². The van der Waals surface area contributed by atoms with Crippen molar-refractivity contribution in [2.75, 3.05) is 31.5 Å². The number of halogens is 1. The summed E-state index contributed by atoms with van der Waals surface area (Å²) in [5, 5.41) is 6.10. The van der Waals surface area contributed by atoms with E-state index in [9.17, 15) is 9.59 Å². The second kappa shape index (κ2) is 10.5. The van der Waals surface area contributed by atoms with Gasteiger partial charge >= 0.3 is 0 Å². The first kappa shape index (κ1) is 24.7. The number of rotatable bonds is 8. The lowest BCUT2D eigenvalue weighted by Crippen LogP contribution is -2.29. The SMILES string of the molecule is CC(C)c1[nH]c(C=C2C(=O)Nc3ccc(Br)cc32)c(C(C)C)c1C(=O)NCCCN1CCCC1. The third-order valence-electron chi connectivity index (χ3n) is 6.67. The number of hydrogen-bond acceptors (Lipinski definition) is 3. The highest BCUT2D eigenvalue weighted by Gasteiger charge is 2.29. The van der Waals surface area contributed by atoms with Crippen molar-refractivity contribution in [3.05, 3.63) is 50.8 Å². The second-order valence-corrected chi connectivity index (χ2v) is 10.8. The van der Waals surface area contributed by atoms with Gasteiger partial charge in [0.05, 0.1) is 11.1 Å². The van der Waals surface area contributed by atoms with Gasteiger partial charge in [-0.05, 0) is 80.6 Å². The molecule has 1 fully saturated rings. The lowest BCUT2D eigenvalue weighted by Gasteiger charge is -2.15. The molecule has 7 heteroatoms. The van der Waals surface area contributed by atoms with E-state index in [1.165, 1.54) is 25.9 Å². The number of anilines is 1. The molecule has 0 unspecified atom stereocenters. The summed E-state index contributed by atoms with van der Waals surface area (Å²) in [4.78, 5) is 32.1. The van der Waals surface area contributed by atoms with E-state index in [2.05, 4.69) is 64.1 Å². The minimum absolute atomic E-state index is 0.0336. The van der Waals surface area contributed by atoms with Crippen LogP contribution in [-0.2, 0) is 4.79 Å². The number of H-pyrrole nitrogens is 1. The van der Waals surface area contributed by atoms with E-state index >= 15 is 0 Å². The molecular weight excluding hydrogens is 492 g/mol. The number of hydrogen-bond donors (Lipinski definition) is 3. The molecule has 0 radical (unpaired) electrons. The fourth-order valence-electron chi connectivity index (χ4n) is 4.99. The van der Waals surface area contributed by atoms with Gasteiger partial charge < -0.3 is 20.5 Å². The summed E-state index contributed by atoms with van der Waals surface area (Å²) < 4.78 is 0.918. The van der Waals surface area contributed by atoms with E-state index in [0.717, 1.165) is 51.2 Å². The Morgan fingerprint density at radius 1 is 1.18 bits per heavy atom. The van der Waals surface area contributed by atoms with Crippen LogP contribution in [0, 0.1) is 0 Å². The number of amides is 2. The number of carbonyl (C=O) groups is 2. The van der Waals surface area contributed by atoms with E-state index < -0.39 is 0 Å². The van der Waals surface area contributed by atoms with Gasteiger partial charge in [-0.2, -0.15) is 0 Å². The van der Waals surface area contributed by atoms with Crippen molar-refractivity contribution in [3.8, 4) is 0 Å². The van der Waals surface area contributed by atoms with E-state index in [-0.39, 0.29) is 23.7 Å². The first-order valence-corrected chi connectivity index (χ1v) is 13.1.